The summed E-state index contributed by atoms with van der Waals surface area (Å²) >= 11 is 6.04. The summed E-state index contributed by atoms with van der Waals surface area (Å²) in [5.41, 5.74) is 1.35. The summed E-state index contributed by atoms with van der Waals surface area (Å²) in [6.07, 6.45) is 1.68. The van der Waals surface area contributed by atoms with Gasteiger partial charge in [-0.25, -0.2) is 4.79 Å². The second-order valence-electron chi connectivity index (χ2n) is 4.63. The van der Waals surface area contributed by atoms with Crippen LogP contribution in [0.5, 0.6) is 0 Å². The van der Waals surface area contributed by atoms with E-state index in [1.165, 1.54) is 14.0 Å². The maximum atomic E-state index is 11.7. The maximum Gasteiger partial charge on any atom is 0.328 e. The van der Waals surface area contributed by atoms with E-state index in [0.29, 0.717) is 10.6 Å². The Labute approximate surface area is 117 Å². The van der Waals surface area contributed by atoms with Crippen LogP contribution in [0.15, 0.2) is 18.2 Å². The van der Waals surface area contributed by atoms with Gasteiger partial charge in [-0.3, -0.25) is 4.79 Å². The van der Waals surface area contributed by atoms with Gasteiger partial charge in [0.25, 0.3) is 0 Å². The molecule has 1 aromatic carbocycles. The zero-order valence-corrected chi connectivity index (χ0v) is 11.7. The lowest BCUT2D eigenvalue weighted by atomic mass is 10.1. The Kier molecular flexibility index (Phi) is 4.10. The highest BCUT2D eigenvalue weighted by atomic mass is 35.5. The van der Waals surface area contributed by atoms with Crippen molar-refractivity contribution < 1.29 is 14.3 Å². The quantitative estimate of drug-likeness (QED) is 0.631. The summed E-state index contributed by atoms with van der Waals surface area (Å²) in [6.45, 7) is 2.26. The summed E-state index contributed by atoms with van der Waals surface area (Å²) in [4.78, 5) is 25.2. The van der Waals surface area contributed by atoms with Gasteiger partial charge in [0, 0.05) is 22.8 Å². The molecule has 1 saturated heterocycles. The van der Waals surface area contributed by atoms with Crippen molar-refractivity contribution >= 4 is 29.0 Å². The van der Waals surface area contributed by atoms with Gasteiger partial charge in [0.15, 0.2) is 5.78 Å². The summed E-state index contributed by atoms with van der Waals surface area (Å²) < 4.78 is 4.81. The summed E-state index contributed by atoms with van der Waals surface area (Å²) in [5.74, 6) is -0.292. The van der Waals surface area contributed by atoms with E-state index in [9.17, 15) is 9.59 Å². The fraction of sp³-hybridized carbons (Fsp3) is 0.429. The normalized spacial score (nSPS) is 18.5. The molecular formula is C14H16ClNO3. The van der Waals surface area contributed by atoms with Crippen LogP contribution in [0.2, 0.25) is 5.02 Å². The first-order valence-corrected chi connectivity index (χ1v) is 6.56. The van der Waals surface area contributed by atoms with Crippen LogP contribution in [0.1, 0.15) is 30.1 Å². The van der Waals surface area contributed by atoms with E-state index in [-0.39, 0.29) is 17.8 Å². The molecule has 4 nitrogen and oxygen atoms in total. The largest absolute Gasteiger partial charge is 0.467 e. The van der Waals surface area contributed by atoms with E-state index in [1.807, 2.05) is 4.90 Å². The molecule has 1 fully saturated rings. The molecule has 0 saturated carbocycles. The predicted molar refractivity (Wildman–Crippen MR) is 73.8 cm³/mol. The first-order valence-electron chi connectivity index (χ1n) is 6.19. The van der Waals surface area contributed by atoms with Gasteiger partial charge in [0.2, 0.25) is 0 Å². The first-order chi connectivity index (χ1) is 9.02. The number of rotatable bonds is 3. The van der Waals surface area contributed by atoms with Crippen molar-refractivity contribution in [2.24, 2.45) is 0 Å². The number of Topliss-reactive ketones (excluding diaryl/α,β-unsaturated/α-hetero) is 1. The van der Waals surface area contributed by atoms with E-state index in [0.717, 1.165) is 25.1 Å². The molecule has 0 aliphatic carbocycles. The van der Waals surface area contributed by atoms with Crippen LogP contribution in [0.25, 0.3) is 0 Å². The average Bonchev–Trinajstić information content (AvgIpc) is 2.86. The highest BCUT2D eigenvalue weighted by Gasteiger charge is 2.32. The fourth-order valence-corrected chi connectivity index (χ4v) is 2.63. The van der Waals surface area contributed by atoms with Gasteiger partial charge in [0.05, 0.1) is 7.11 Å². The van der Waals surface area contributed by atoms with Gasteiger partial charge in [-0.05, 0) is 38.0 Å². The van der Waals surface area contributed by atoms with Gasteiger partial charge in [-0.1, -0.05) is 11.6 Å². The average molecular weight is 282 g/mol. The summed E-state index contributed by atoms with van der Waals surface area (Å²) in [5, 5.41) is 0.498. The zero-order chi connectivity index (χ0) is 14.0. The number of ether oxygens (including phenoxy) is 1. The number of ketones is 1. The molecule has 1 unspecified atom stereocenters. The number of methoxy groups -OCH3 is 1. The standard InChI is InChI=1S/C14H16ClNO3/c1-9(17)10-6-11(15)8-12(7-10)16-5-3-4-13(16)14(18)19-2/h6-8,13H,3-5H2,1-2H3. The molecule has 0 N–H and O–H groups in total. The molecule has 102 valence electrons. The minimum Gasteiger partial charge on any atom is -0.467 e. The van der Waals surface area contributed by atoms with E-state index in [2.05, 4.69) is 0 Å². The smallest absolute Gasteiger partial charge is 0.328 e. The molecule has 2 rings (SSSR count). The molecule has 0 bridgehead atoms. The number of hydrogen-bond donors (Lipinski definition) is 0. The number of carbonyl (C=O) groups is 2. The van der Waals surface area contributed by atoms with E-state index in [1.54, 1.807) is 18.2 Å². The van der Waals surface area contributed by atoms with Crippen molar-refractivity contribution in [1.82, 2.24) is 0 Å². The Morgan fingerprint density at radius 1 is 1.37 bits per heavy atom. The number of anilines is 1. The van der Waals surface area contributed by atoms with Gasteiger partial charge in [-0.15, -0.1) is 0 Å². The Morgan fingerprint density at radius 3 is 2.74 bits per heavy atom. The lowest BCUT2D eigenvalue weighted by molar-refractivity contribution is -0.141. The first kappa shape index (κ1) is 13.9. The van der Waals surface area contributed by atoms with Crippen LogP contribution in [0, 0.1) is 0 Å². The van der Waals surface area contributed by atoms with Crippen molar-refractivity contribution in [2.45, 2.75) is 25.8 Å². The van der Waals surface area contributed by atoms with Crippen molar-refractivity contribution in [3.8, 4) is 0 Å². The molecule has 0 amide bonds. The molecule has 1 aliphatic rings. The highest BCUT2D eigenvalue weighted by molar-refractivity contribution is 6.31. The fourth-order valence-electron chi connectivity index (χ4n) is 2.40. The molecule has 1 aromatic rings. The minimum absolute atomic E-state index is 0.0439. The van der Waals surface area contributed by atoms with Crippen LogP contribution in [-0.2, 0) is 9.53 Å². The number of nitrogens with zero attached hydrogens (tertiary/aromatic N) is 1. The Hall–Kier alpha value is -1.55. The summed E-state index contributed by atoms with van der Waals surface area (Å²) in [7, 11) is 1.39. The number of halogens is 1. The van der Waals surface area contributed by atoms with Gasteiger partial charge in [-0.2, -0.15) is 0 Å². The molecule has 0 spiro atoms. The van der Waals surface area contributed by atoms with Gasteiger partial charge < -0.3 is 9.64 Å². The third-order valence-electron chi connectivity index (χ3n) is 3.35. The molecule has 0 radical (unpaired) electrons. The summed E-state index contributed by atoms with van der Waals surface area (Å²) in [6, 6.07) is 4.89. The Morgan fingerprint density at radius 2 is 2.11 bits per heavy atom. The monoisotopic (exact) mass is 281 g/mol. The third kappa shape index (κ3) is 2.89. The number of benzene rings is 1. The van der Waals surface area contributed by atoms with Crippen molar-refractivity contribution in [3.05, 3.63) is 28.8 Å². The molecule has 1 atom stereocenters. The van der Waals surface area contributed by atoms with E-state index < -0.39 is 0 Å². The zero-order valence-electron chi connectivity index (χ0n) is 11.0. The predicted octanol–water partition coefficient (Wildman–Crippen LogP) is 2.68. The topological polar surface area (TPSA) is 46.6 Å². The lowest BCUT2D eigenvalue weighted by Gasteiger charge is -2.25. The third-order valence-corrected chi connectivity index (χ3v) is 3.56. The number of hydrogen-bond acceptors (Lipinski definition) is 4. The van der Waals surface area contributed by atoms with Crippen molar-refractivity contribution in [2.75, 3.05) is 18.6 Å². The van der Waals surface area contributed by atoms with Crippen molar-refractivity contribution in [3.63, 3.8) is 0 Å². The van der Waals surface area contributed by atoms with E-state index in [4.69, 9.17) is 16.3 Å². The number of esters is 1. The van der Waals surface area contributed by atoms with Crippen LogP contribution in [-0.4, -0.2) is 31.4 Å². The van der Waals surface area contributed by atoms with Crippen LogP contribution >= 0.6 is 11.6 Å². The maximum absolute atomic E-state index is 11.7. The van der Waals surface area contributed by atoms with Crippen LogP contribution in [0.3, 0.4) is 0 Å². The van der Waals surface area contributed by atoms with Crippen molar-refractivity contribution in [1.29, 1.82) is 0 Å². The van der Waals surface area contributed by atoms with Gasteiger partial charge in [0.1, 0.15) is 6.04 Å². The number of carbonyl (C=O) groups excluding carboxylic acids is 2. The molecule has 5 heteroatoms. The van der Waals surface area contributed by atoms with Crippen LogP contribution in [0.4, 0.5) is 5.69 Å². The SMILES string of the molecule is COC(=O)C1CCCN1c1cc(Cl)cc(C(C)=O)c1. The molecule has 1 aliphatic heterocycles. The molecule has 1 heterocycles. The van der Waals surface area contributed by atoms with Gasteiger partial charge >= 0.3 is 5.97 Å². The second-order valence-corrected chi connectivity index (χ2v) is 5.07. The Balaban J connectivity index is 2.35. The minimum atomic E-state index is -0.289. The van der Waals surface area contributed by atoms with Crippen LogP contribution < -0.4 is 4.90 Å². The Bertz CT molecular complexity index is 515. The molecule has 19 heavy (non-hydrogen) atoms. The lowest BCUT2D eigenvalue weighted by Crippen LogP contribution is -2.36. The molecule has 0 aromatic heterocycles. The highest BCUT2D eigenvalue weighted by Crippen LogP contribution is 2.29. The van der Waals surface area contributed by atoms with E-state index >= 15 is 0 Å². The second kappa shape index (κ2) is 5.61. The molecular weight excluding hydrogens is 266 g/mol.